The summed E-state index contributed by atoms with van der Waals surface area (Å²) in [6.07, 6.45) is 0.929. The van der Waals surface area contributed by atoms with E-state index in [-0.39, 0.29) is 23.1 Å². The molecular formula is C13H14N2O4. The van der Waals surface area contributed by atoms with Crippen LogP contribution < -0.4 is 10.6 Å². The van der Waals surface area contributed by atoms with Gasteiger partial charge in [-0.1, -0.05) is 12.1 Å². The first kappa shape index (κ1) is 13.1. The molecule has 6 heteroatoms. The van der Waals surface area contributed by atoms with Crippen LogP contribution in [0.3, 0.4) is 0 Å². The summed E-state index contributed by atoms with van der Waals surface area (Å²) in [5.74, 6) is -1.60. The molecule has 1 fully saturated rings. The lowest BCUT2D eigenvalue weighted by atomic mass is 10.0. The Kier molecular flexibility index (Phi) is 3.79. The molecule has 1 heterocycles. The molecule has 0 spiro atoms. The second-order valence-electron chi connectivity index (χ2n) is 4.36. The van der Waals surface area contributed by atoms with E-state index in [1.165, 1.54) is 12.1 Å². The van der Waals surface area contributed by atoms with Crippen molar-refractivity contribution in [3.63, 3.8) is 0 Å². The van der Waals surface area contributed by atoms with Crippen LogP contribution in [0, 0.1) is 0 Å². The van der Waals surface area contributed by atoms with Gasteiger partial charge in [-0.25, -0.2) is 4.79 Å². The largest absolute Gasteiger partial charge is 0.478 e. The number of hydrogen-bond donors (Lipinski definition) is 3. The summed E-state index contributed by atoms with van der Waals surface area (Å²) in [4.78, 5) is 34.1. The Morgan fingerprint density at radius 2 is 1.95 bits per heavy atom. The summed E-state index contributed by atoms with van der Waals surface area (Å²) in [6, 6.07) is 5.89. The van der Waals surface area contributed by atoms with Gasteiger partial charge in [-0.3, -0.25) is 9.59 Å². The molecule has 1 aromatic carbocycles. The number of hydrogen-bond acceptors (Lipinski definition) is 3. The van der Waals surface area contributed by atoms with Crippen molar-refractivity contribution in [3.05, 3.63) is 35.4 Å². The highest BCUT2D eigenvalue weighted by atomic mass is 16.4. The van der Waals surface area contributed by atoms with Crippen LogP contribution in [0.4, 0.5) is 0 Å². The third kappa shape index (κ3) is 3.09. The van der Waals surface area contributed by atoms with E-state index in [0.717, 1.165) is 0 Å². The zero-order valence-corrected chi connectivity index (χ0v) is 10.2. The van der Waals surface area contributed by atoms with Gasteiger partial charge in [-0.15, -0.1) is 0 Å². The molecule has 0 bridgehead atoms. The van der Waals surface area contributed by atoms with Crippen LogP contribution in [0.1, 0.15) is 33.6 Å². The molecule has 6 nitrogen and oxygen atoms in total. The lowest BCUT2D eigenvalue weighted by molar-refractivity contribution is -0.122. The van der Waals surface area contributed by atoms with Gasteiger partial charge in [0, 0.05) is 19.0 Å². The number of carboxylic acids is 1. The van der Waals surface area contributed by atoms with Gasteiger partial charge in [0.05, 0.1) is 11.1 Å². The van der Waals surface area contributed by atoms with Gasteiger partial charge in [-0.05, 0) is 18.6 Å². The maximum atomic E-state index is 12.0. The van der Waals surface area contributed by atoms with Gasteiger partial charge in [-0.2, -0.15) is 0 Å². The Morgan fingerprint density at radius 1 is 1.26 bits per heavy atom. The van der Waals surface area contributed by atoms with Crippen LogP contribution in [0.2, 0.25) is 0 Å². The molecule has 0 aromatic heterocycles. The molecule has 0 aliphatic carbocycles. The van der Waals surface area contributed by atoms with E-state index in [1.807, 2.05) is 0 Å². The predicted molar refractivity (Wildman–Crippen MR) is 66.9 cm³/mol. The molecule has 0 saturated carbocycles. The van der Waals surface area contributed by atoms with Crippen molar-refractivity contribution in [1.29, 1.82) is 0 Å². The SMILES string of the molecule is O=C1CCC(NC(=O)c2ccccc2C(=O)O)CN1. The highest BCUT2D eigenvalue weighted by Crippen LogP contribution is 2.10. The number of amides is 2. The lowest BCUT2D eigenvalue weighted by Crippen LogP contribution is -2.47. The summed E-state index contributed by atoms with van der Waals surface area (Å²) in [5.41, 5.74) is 0.103. The van der Waals surface area contributed by atoms with E-state index in [9.17, 15) is 14.4 Å². The molecule has 3 N–H and O–H groups in total. The first-order chi connectivity index (χ1) is 9.08. The molecule has 1 atom stereocenters. The van der Waals surface area contributed by atoms with Gasteiger partial charge in [0.15, 0.2) is 0 Å². The van der Waals surface area contributed by atoms with E-state index in [4.69, 9.17) is 5.11 Å². The summed E-state index contributed by atoms with van der Waals surface area (Å²) < 4.78 is 0. The zero-order chi connectivity index (χ0) is 13.8. The van der Waals surface area contributed by atoms with E-state index >= 15 is 0 Å². The fourth-order valence-electron chi connectivity index (χ4n) is 1.99. The lowest BCUT2D eigenvalue weighted by Gasteiger charge is -2.23. The number of piperidine rings is 1. The fourth-order valence-corrected chi connectivity index (χ4v) is 1.99. The molecule has 2 rings (SSSR count). The molecule has 2 amide bonds. The molecular weight excluding hydrogens is 248 g/mol. The van der Waals surface area contributed by atoms with Crippen molar-refractivity contribution in [2.24, 2.45) is 0 Å². The molecule has 1 aliphatic heterocycles. The minimum Gasteiger partial charge on any atom is -0.478 e. The van der Waals surface area contributed by atoms with Gasteiger partial charge in [0.2, 0.25) is 5.91 Å². The van der Waals surface area contributed by atoms with Crippen LogP contribution in [0.15, 0.2) is 24.3 Å². The topological polar surface area (TPSA) is 95.5 Å². The van der Waals surface area contributed by atoms with Crippen LogP contribution in [0.25, 0.3) is 0 Å². The van der Waals surface area contributed by atoms with Crippen LogP contribution in [0.5, 0.6) is 0 Å². The Morgan fingerprint density at radius 3 is 2.53 bits per heavy atom. The molecule has 0 radical (unpaired) electrons. The number of carbonyl (C=O) groups is 3. The van der Waals surface area contributed by atoms with E-state index < -0.39 is 11.9 Å². The standard InChI is InChI=1S/C13H14N2O4/c16-11-6-5-8(7-14-11)15-12(17)9-3-1-2-4-10(9)13(18)19/h1-4,8H,5-7H2,(H,14,16)(H,15,17)(H,18,19). The van der Waals surface area contributed by atoms with E-state index in [2.05, 4.69) is 10.6 Å². The number of rotatable bonds is 3. The summed E-state index contributed by atoms with van der Waals surface area (Å²) in [7, 11) is 0. The predicted octanol–water partition coefficient (Wildman–Crippen LogP) is 0.393. The summed E-state index contributed by atoms with van der Waals surface area (Å²) in [6.45, 7) is 0.375. The van der Waals surface area contributed by atoms with Crippen molar-refractivity contribution in [2.75, 3.05) is 6.54 Å². The fraction of sp³-hybridized carbons (Fsp3) is 0.308. The average Bonchev–Trinajstić information content (AvgIpc) is 2.41. The van der Waals surface area contributed by atoms with Crippen molar-refractivity contribution < 1.29 is 19.5 Å². The minimum absolute atomic E-state index is 0.0279. The molecule has 1 saturated heterocycles. The average molecular weight is 262 g/mol. The van der Waals surface area contributed by atoms with Crippen molar-refractivity contribution in [1.82, 2.24) is 10.6 Å². The quantitative estimate of drug-likeness (QED) is 0.734. The second-order valence-corrected chi connectivity index (χ2v) is 4.36. The Hall–Kier alpha value is -2.37. The number of carboxylic acid groups (broad SMARTS) is 1. The normalized spacial score (nSPS) is 18.5. The van der Waals surface area contributed by atoms with Gasteiger partial charge < -0.3 is 15.7 Å². The first-order valence-electron chi connectivity index (χ1n) is 5.98. The smallest absolute Gasteiger partial charge is 0.336 e. The highest BCUT2D eigenvalue weighted by molar-refractivity contribution is 6.04. The monoisotopic (exact) mass is 262 g/mol. The zero-order valence-electron chi connectivity index (χ0n) is 10.2. The first-order valence-corrected chi connectivity index (χ1v) is 5.98. The van der Waals surface area contributed by atoms with Gasteiger partial charge in [0.25, 0.3) is 5.91 Å². The third-order valence-corrected chi connectivity index (χ3v) is 3.00. The van der Waals surface area contributed by atoms with Crippen molar-refractivity contribution >= 4 is 17.8 Å². The van der Waals surface area contributed by atoms with Gasteiger partial charge >= 0.3 is 5.97 Å². The van der Waals surface area contributed by atoms with Crippen molar-refractivity contribution in [3.8, 4) is 0 Å². The number of benzene rings is 1. The van der Waals surface area contributed by atoms with E-state index in [1.54, 1.807) is 12.1 Å². The molecule has 100 valence electrons. The summed E-state index contributed by atoms with van der Waals surface area (Å²) >= 11 is 0. The Bertz CT molecular complexity index is 517. The molecule has 1 unspecified atom stereocenters. The Labute approximate surface area is 109 Å². The highest BCUT2D eigenvalue weighted by Gasteiger charge is 2.22. The number of nitrogens with one attached hydrogen (secondary N) is 2. The number of aromatic carboxylic acids is 1. The van der Waals surface area contributed by atoms with Gasteiger partial charge in [0.1, 0.15) is 0 Å². The van der Waals surface area contributed by atoms with Crippen LogP contribution in [-0.2, 0) is 4.79 Å². The Balaban J connectivity index is 2.08. The van der Waals surface area contributed by atoms with Crippen LogP contribution in [-0.4, -0.2) is 35.5 Å². The second kappa shape index (κ2) is 5.51. The summed E-state index contributed by atoms with van der Waals surface area (Å²) in [5, 5.41) is 14.4. The van der Waals surface area contributed by atoms with Crippen LogP contribution >= 0.6 is 0 Å². The van der Waals surface area contributed by atoms with Crippen molar-refractivity contribution in [2.45, 2.75) is 18.9 Å². The molecule has 1 aliphatic rings. The third-order valence-electron chi connectivity index (χ3n) is 3.00. The number of carbonyl (C=O) groups excluding carboxylic acids is 2. The maximum absolute atomic E-state index is 12.0. The minimum atomic E-state index is -1.14. The molecule has 19 heavy (non-hydrogen) atoms. The maximum Gasteiger partial charge on any atom is 0.336 e. The van der Waals surface area contributed by atoms with E-state index in [0.29, 0.717) is 19.4 Å². The molecule has 1 aromatic rings.